The van der Waals surface area contributed by atoms with Crippen molar-refractivity contribution in [3.05, 3.63) is 0 Å². The van der Waals surface area contributed by atoms with Gasteiger partial charge in [0, 0.05) is 12.6 Å². The van der Waals surface area contributed by atoms with E-state index in [1.54, 1.807) is 0 Å². The lowest BCUT2D eigenvalue weighted by molar-refractivity contribution is -0.257. The first-order valence-corrected chi connectivity index (χ1v) is 7.58. The summed E-state index contributed by atoms with van der Waals surface area (Å²) >= 11 is 0. The van der Waals surface area contributed by atoms with Gasteiger partial charge in [-0.2, -0.15) is 13.2 Å². The van der Waals surface area contributed by atoms with E-state index in [0.29, 0.717) is 26.3 Å². The summed E-state index contributed by atoms with van der Waals surface area (Å²) in [5, 5.41) is 9.45. The molecule has 0 spiro atoms. The average molecular weight is 304 g/mol. The lowest BCUT2D eigenvalue weighted by Crippen LogP contribution is -2.53. The minimum absolute atomic E-state index is 0.253. The van der Waals surface area contributed by atoms with Crippen LogP contribution in [0.1, 0.15) is 19.8 Å². The minimum Gasteiger partial charge on any atom is -0.380 e. The Bertz CT molecular complexity index is 409. The first-order valence-electron chi connectivity index (χ1n) is 5.93. The summed E-state index contributed by atoms with van der Waals surface area (Å²) in [5.74, 6) is -0.253. The molecule has 0 bridgehead atoms. The fraction of sp³-hybridized carbons (Fsp3) is 1.00. The highest BCUT2D eigenvalue weighted by Gasteiger charge is 2.51. The lowest BCUT2D eigenvalue weighted by Gasteiger charge is -2.33. The summed E-state index contributed by atoms with van der Waals surface area (Å²) in [6.07, 6.45) is -3.60. The summed E-state index contributed by atoms with van der Waals surface area (Å²) in [6, 6.07) is -0.494. The Kier molecular flexibility index (Phi) is 4.87. The quantitative estimate of drug-likeness (QED) is 0.767. The number of nitrogens with one attached hydrogen (secondary N) is 1. The van der Waals surface area contributed by atoms with E-state index < -0.39 is 34.4 Å². The van der Waals surface area contributed by atoms with Crippen LogP contribution in [-0.4, -0.2) is 62.1 Å². The second-order valence-electron chi connectivity index (χ2n) is 5.02. The van der Waals surface area contributed by atoms with Crippen LogP contribution in [0.5, 0.6) is 0 Å². The van der Waals surface area contributed by atoms with E-state index in [-0.39, 0.29) is 5.75 Å². The van der Waals surface area contributed by atoms with Gasteiger partial charge in [-0.25, -0.2) is 13.1 Å². The van der Waals surface area contributed by atoms with Gasteiger partial charge in [0.15, 0.2) is 5.60 Å². The molecular weight excluding hydrogens is 285 g/mol. The number of hydrogen-bond donors (Lipinski definition) is 2. The molecule has 0 aromatic carbocycles. The smallest absolute Gasteiger partial charge is 0.380 e. The molecular formula is C10H19F3N2O3S. The van der Waals surface area contributed by atoms with E-state index in [0.717, 1.165) is 0 Å². The van der Waals surface area contributed by atoms with Crippen molar-refractivity contribution in [1.29, 1.82) is 0 Å². The van der Waals surface area contributed by atoms with Crippen LogP contribution in [0, 0.1) is 0 Å². The van der Waals surface area contributed by atoms with Crippen LogP contribution in [0.15, 0.2) is 0 Å². The number of nitrogens with zero attached hydrogens (tertiary/aromatic N) is 1. The van der Waals surface area contributed by atoms with Crippen molar-refractivity contribution in [2.45, 2.75) is 37.6 Å². The maximum atomic E-state index is 12.6. The van der Waals surface area contributed by atoms with Crippen molar-refractivity contribution >= 4 is 10.0 Å². The van der Waals surface area contributed by atoms with E-state index in [1.807, 2.05) is 0 Å². The largest absolute Gasteiger partial charge is 0.418 e. The molecule has 0 amide bonds. The van der Waals surface area contributed by atoms with Crippen LogP contribution in [0.3, 0.4) is 0 Å². The molecule has 5 nitrogen and oxygen atoms in total. The van der Waals surface area contributed by atoms with Gasteiger partial charge in [0.25, 0.3) is 0 Å². The molecule has 19 heavy (non-hydrogen) atoms. The predicted molar refractivity (Wildman–Crippen MR) is 64.1 cm³/mol. The molecule has 1 fully saturated rings. The van der Waals surface area contributed by atoms with Crippen molar-refractivity contribution in [2.75, 3.05) is 25.9 Å². The van der Waals surface area contributed by atoms with E-state index in [2.05, 4.69) is 4.72 Å². The van der Waals surface area contributed by atoms with Crippen LogP contribution in [0.25, 0.3) is 0 Å². The van der Waals surface area contributed by atoms with Gasteiger partial charge in [-0.1, -0.05) is 0 Å². The number of halogens is 3. The van der Waals surface area contributed by atoms with Crippen molar-refractivity contribution in [3.63, 3.8) is 0 Å². The van der Waals surface area contributed by atoms with Crippen LogP contribution in [0.2, 0.25) is 0 Å². The summed E-state index contributed by atoms with van der Waals surface area (Å²) in [4.78, 5) is 1.39. The van der Waals surface area contributed by atoms with E-state index in [9.17, 15) is 26.7 Å². The second kappa shape index (κ2) is 5.55. The molecule has 1 heterocycles. The van der Waals surface area contributed by atoms with Crippen LogP contribution in [-0.2, 0) is 10.0 Å². The number of likely N-dealkylation sites (tertiary alicyclic amines) is 1. The van der Waals surface area contributed by atoms with E-state index in [1.165, 1.54) is 11.9 Å². The molecule has 0 saturated carbocycles. The number of sulfonamides is 1. The monoisotopic (exact) mass is 304 g/mol. The lowest BCUT2D eigenvalue weighted by atomic mass is 10.1. The third kappa shape index (κ3) is 4.30. The Balaban J connectivity index is 2.73. The maximum absolute atomic E-state index is 12.6. The van der Waals surface area contributed by atoms with Gasteiger partial charge in [-0.3, -0.25) is 4.90 Å². The molecule has 1 rings (SSSR count). The molecule has 114 valence electrons. The Hall–Kier alpha value is -0.380. The zero-order chi connectivity index (χ0) is 14.9. The van der Waals surface area contributed by atoms with Gasteiger partial charge in [0.2, 0.25) is 10.0 Å². The van der Waals surface area contributed by atoms with Crippen molar-refractivity contribution < 1.29 is 26.7 Å². The Labute approximate surface area is 110 Å². The number of β-amino-alcohol motifs (C(OH)–C–C–N with tert-alkyl or cyclic N) is 1. The molecule has 2 unspecified atom stereocenters. The molecule has 9 heteroatoms. The normalized spacial score (nSPS) is 25.5. The number of hydrogen-bond acceptors (Lipinski definition) is 4. The van der Waals surface area contributed by atoms with Crippen LogP contribution in [0.4, 0.5) is 13.2 Å². The number of rotatable bonds is 5. The number of aliphatic hydroxyl groups is 1. The summed E-state index contributed by atoms with van der Waals surface area (Å²) in [5.41, 5.74) is -2.83. The molecule has 0 aromatic rings. The first kappa shape index (κ1) is 16.7. The fourth-order valence-corrected chi connectivity index (χ4v) is 3.16. The summed E-state index contributed by atoms with van der Waals surface area (Å²) in [7, 11) is -2.22. The Morgan fingerprint density at radius 1 is 1.42 bits per heavy atom. The van der Waals surface area contributed by atoms with E-state index >= 15 is 0 Å². The second-order valence-corrected chi connectivity index (χ2v) is 6.99. The highest BCUT2D eigenvalue weighted by molar-refractivity contribution is 7.89. The minimum atomic E-state index is -4.73. The zero-order valence-electron chi connectivity index (χ0n) is 10.9. The van der Waals surface area contributed by atoms with Gasteiger partial charge < -0.3 is 5.11 Å². The Morgan fingerprint density at radius 3 is 2.47 bits per heavy atom. The molecule has 1 aliphatic heterocycles. The molecule has 0 aliphatic carbocycles. The Morgan fingerprint density at radius 2 is 2.00 bits per heavy atom. The predicted octanol–water partition coefficient (Wildman–Crippen LogP) is 0.313. The van der Waals surface area contributed by atoms with E-state index in [4.69, 9.17) is 0 Å². The van der Waals surface area contributed by atoms with Gasteiger partial charge in [0.1, 0.15) is 0 Å². The average Bonchev–Trinajstić information content (AvgIpc) is 2.63. The molecule has 0 aromatic heterocycles. The SMILES string of the molecule is CNS(=O)(=O)CC1CCCN1CC(C)(O)C(F)(F)F. The van der Waals surface area contributed by atoms with Gasteiger partial charge in [0.05, 0.1) is 5.75 Å². The zero-order valence-corrected chi connectivity index (χ0v) is 11.7. The molecule has 1 saturated heterocycles. The van der Waals surface area contributed by atoms with Crippen molar-refractivity contribution in [2.24, 2.45) is 0 Å². The molecule has 1 aliphatic rings. The summed E-state index contributed by atoms with van der Waals surface area (Å²) in [6.45, 7) is 0.450. The highest BCUT2D eigenvalue weighted by atomic mass is 32.2. The van der Waals surface area contributed by atoms with Crippen LogP contribution >= 0.6 is 0 Å². The van der Waals surface area contributed by atoms with Crippen molar-refractivity contribution in [3.8, 4) is 0 Å². The standard InChI is InChI=1S/C10H19F3N2O3S/c1-9(16,10(11,12)13)7-15-5-3-4-8(15)6-19(17,18)14-2/h8,14,16H,3-7H2,1-2H3. The highest BCUT2D eigenvalue weighted by Crippen LogP contribution is 2.32. The molecule has 2 N–H and O–H groups in total. The third-order valence-corrected chi connectivity index (χ3v) is 4.79. The summed E-state index contributed by atoms with van der Waals surface area (Å²) < 4.78 is 62.9. The number of alkyl halides is 3. The topological polar surface area (TPSA) is 69.6 Å². The molecule has 2 atom stereocenters. The van der Waals surface area contributed by atoms with Crippen LogP contribution < -0.4 is 4.72 Å². The van der Waals surface area contributed by atoms with Gasteiger partial charge >= 0.3 is 6.18 Å². The maximum Gasteiger partial charge on any atom is 0.418 e. The fourth-order valence-electron chi connectivity index (χ4n) is 2.11. The van der Waals surface area contributed by atoms with Crippen molar-refractivity contribution in [1.82, 2.24) is 9.62 Å². The molecule has 0 radical (unpaired) electrons. The third-order valence-electron chi connectivity index (χ3n) is 3.34. The van der Waals surface area contributed by atoms with Gasteiger partial charge in [-0.15, -0.1) is 0 Å². The van der Waals surface area contributed by atoms with Gasteiger partial charge in [-0.05, 0) is 33.4 Å². The first-order chi connectivity index (χ1) is 8.48.